The summed E-state index contributed by atoms with van der Waals surface area (Å²) in [5, 5.41) is 0. The number of nitrogens with two attached hydrogens (primary N) is 1. The van der Waals surface area contributed by atoms with Crippen LogP contribution in [0, 0.1) is 12.3 Å². The summed E-state index contributed by atoms with van der Waals surface area (Å²) in [6.07, 6.45) is 7.80. The molecule has 1 aromatic rings. The summed E-state index contributed by atoms with van der Waals surface area (Å²) < 4.78 is 0. The van der Waals surface area contributed by atoms with E-state index in [-0.39, 0.29) is 6.04 Å². The second kappa shape index (κ2) is 6.78. The maximum Gasteiger partial charge on any atom is 0.131 e. The summed E-state index contributed by atoms with van der Waals surface area (Å²) in [4.78, 5) is 7.23. The van der Waals surface area contributed by atoms with Gasteiger partial charge >= 0.3 is 0 Å². The van der Waals surface area contributed by atoms with Gasteiger partial charge in [0.1, 0.15) is 5.82 Å². The van der Waals surface area contributed by atoms with Gasteiger partial charge in [-0.3, -0.25) is 0 Å². The molecule has 3 nitrogen and oxygen atoms in total. The van der Waals surface area contributed by atoms with Crippen LogP contribution in [0.15, 0.2) is 12.3 Å². The van der Waals surface area contributed by atoms with Gasteiger partial charge in [-0.25, -0.2) is 4.98 Å². The maximum absolute atomic E-state index is 6.05. The van der Waals surface area contributed by atoms with Crippen LogP contribution in [-0.2, 0) is 6.42 Å². The first kappa shape index (κ1) is 16.3. The fourth-order valence-corrected chi connectivity index (χ4v) is 3.46. The van der Waals surface area contributed by atoms with Gasteiger partial charge < -0.3 is 10.6 Å². The molecule has 0 saturated carbocycles. The molecule has 0 bridgehead atoms. The second-order valence-corrected chi connectivity index (χ2v) is 6.74. The molecule has 0 spiro atoms. The summed E-state index contributed by atoms with van der Waals surface area (Å²) in [6, 6.07) is 2.52. The Morgan fingerprint density at radius 3 is 2.57 bits per heavy atom. The summed E-state index contributed by atoms with van der Waals surface area (Å²) in [6.45, 7) is 11.3. The topological polar surface area (TPSA) is 42.1 Å². The molecule has 1 aliphatic heterocycles. The van der Waals surface area contributed by atoms with Crippen molar-refractivity contribution < 1.29 is 0 Å². The Morgan fingerprint density at radius 2 is 2.05 bits per heavy atom. The third-order valence-electron chi connectivity index (χ3n) is 5.37. The highest BCUT2D eigenvalue weighted by Gasteiger charge is 2.35. The third kappa shape index (κ3) is 3.57. The van der Waals surface area contributed by atoms with Crippen molar-refractivity contribution in [1.82, 2.24) is 4.98 Å². The minimum atomic E-state index is 0.247. The number of pyridine rings is 1. The average molecular weight is 289 g/mol. The Kier molecular flexibility index (Phi) is 5.26. The molecule has 0 aromatic carbocycles. The average Bonchev–Trinajstić information content (AvgIpc) is 2.92. The van der Waals surface area contributed by atoms with Gasteiger partial charge in [0.05, 0.1) is 0 Å². The first-order valence-corrected chi connectivity index (χ1v) is 8.49. The summed E-state index contributed by atoms with van der Waals surface area (Å²) >= 11 is 0. The van der Waals surface area contributed by atoms with Gasteiger partial charge in [-0.05, 0) is 55.6 Å². The normalized spacial score (nSPS) is 19.0. The molecule has 2 N–H and O–H groups in total. The smallest absolute Gasteiger partial charge is 0.131 e. The van der Waals surface area contributed by atoms with E-state index in [2.05, 4.69) is 38.7 Å². The molecule has 2 rings (SSSR count). The Balaban J connectivity index is 2.11. The zero-order chi connectivity index (χ0) is 15.5. The molecule has 1 aliphatic rings. The molecular formula is C18H31N3. The summed E-state index contributed by atoms with van der Waals surface area (Å²) in [7, 11) is 0. The van der Waals surface area contributed by atoms with Crippen molar-refractivity contribution in [3.8, 4) is 0 Å². The minimum Gasteiger partial charge on any atom is -0.356 e. The van der Waals surface area contributed by atoms with Crippen LogP contribution < -0.4 is 10.6 Å². The Morgan fingerprint density at radius 1 is 1.33 bits per heavy atom. The maximum atomic E-state index is 6.05. The zero-order valence-corrected chi connectivity index (χ0v) is 14.2. The molecule has 21 heavy (non-hydrogen) atoms. The van der Waals surface area contributed by atoms with Crippen molar-refractivity contribution in [3.05, 3.63) is 23.4 Å². The molecule has 1 saturated heterocycles. The Bertz CT molecular complexity index is 466. The molecule has 0 radical (unpaired) electrons. The number of aryl methyl sites for hydroxylation is 1. The number of nitrogens with zero attached hydrogens (tertiary/aromatic N) is 2. The van der Waals surface area contributed by atoms with Gasteiger partial charge in [0, 0.05) is 25.3 Å². The molecule has 1 fully saturated rings. The predicted octanol–water partition coefficient (Wildman–Crippen LogP) is 3.69. The lowest BCUT2D eigenvalue weighted by molar-refractivity contribution is 0.301. The van der Waals surface area contributed by atoms with Crippen LogP contribution in [-0.4, -0.2) is 24.1 Å². The van der Waals surface area contributed by atoms with Gasteiger partial charge in [0.2, 0.25) is 0 Å². The van der Waals surface area contributed by atoms with E-state index in [1.165, 1.54) is 36.2 Å². The molecular weight excluding hydrogens is 258 g/mol. The second-order valence-electron chi connectivity index (χ2n) is 6.74. The van der Waals surface area contributed by atoms with E-state index in [0.29, 0.717) is 5.41 Å². The molecule has 1 unspecified atom stereocenters. The molecule has 1 aromatic heterocycles. The minimum absolute atomic E-state index is 0.247. The molecule has 2 heterocycles. The number of rotatable bonds is 6. The van der Waals surface area contributed by atoms with Crippen LogP contribution in [0.3, 0.4) is 0 Å². The number of hydrogen-bond acceptors (Lipinski definition) is 3. The molecule has 1 atom stereocenters. The lowest BCUT2D eigenvalue weighted by atomic mass is 9.82. The van der Waals surface area contributed by atoms with Crippen molar-refractivity contribution in [2.45, 2.75) is 65.8 Å². The predicted molar refractivity (Wildman–Crippen MR) is 90.8 cm³/mol. The first-order chi connectivity index (χ1) is 10.0. The van der Waals surface area contributed by atoms with Gasteiger partial charge in [-0.15, -0.1) is 0 Å². The molecule has 118 valence electrons. The van der Waals surface area contributed by atoms with Gasteiger partial charge in [-0.1, -0.05) is 26.8 Å². The van der Waals surface area contributed by atoms with E-state index in [1.54, 1.807) is 0 Å². The third-order valence-corrected chi connectivity index (χ3v) is 5.37. The van der Waals surface area contributed by atoms with Crippen LogP contribution in [0.4, 0.5) is 5.82 Å². The standard InChI is InChI=1S/C18H31N3/c1-5-16(19)11-15-10-14(4)17(20-12-15)21-9-8-18(6-2,7-3)13-21/h10,12,16H,5-9,11,13,19H2,1-4H3. The van der Waals surface area contributed by atoms with Crippen molar-refractivity contribution in [2.75, 3.05) is 18.0 Å². The largest absolute Gasteiger partial charge is 0.356 e. The molecule has 0 amide bonds. The van der Waals surface area contributed by atoms with E-state index in [1.807, 2.05) is 6.20 Å². The fraction of sp³-hybridized carbons (Fsp3) is 0.722. The molecule has 3 heteroatoms. The Hall–Kier alpha value is -1.09. The number of hydrogen-bond donors (Lipinski definition) is 1. The highest BCUT2D eigenvalue weighted by molar-refractivity contribution is 5.48. The highest BCUT2D eigenvalue weighted by Crippen LogP contribution is 2.39. The summed E-state index contributed by atoms with van der Waals surface area (Å²) in [5.74, 6) is 1.17. The van der Waals surface area contributed by atoms with Crippen LogP contribution in [0.25, 0.3) is 0 Å². The fourth-order valence-electron chi connectivity index (χ4n) is 3.46. The SMILES string of the molecule is CCC(N)Cc1cnc(N2CCC(CC)(CC)C2)c(C)c1. The van der Waals surface area contributed by atoms with Crippen molar-refractivity contribution in [3.63, 3.8) is 0 Å². The van der Waals surface area contributed by atoms with E-state index >= 15 is 0 Å². The van der Waals surface area contributed by atoms with Crippen LogP contribution in [0.2, 0.25) is 0 Å². The molecule has 0 aliphatic carbocycles. The monoisotopic (exact) mass is 289 g/mol. The van der Waals surface area contributed by atoms with Crippen LogP contribution >= 0.6 is 0 Å². The first-order valence-electron chi connectivity index (χ1n) is 8.49. The van der Waals surface area contributed by atoms with Gasteiger partial charge in [0.25, 0.3) is 0 Å². The number of anilines is 1. The zero-order valence-electron chi connectivity index (χ0n) is 14.2. The highest BCUT2D eigenvalue weighted by atomic mass is 15.2. The quantitative estimate of drug-likeness (QED) is 0.868. The Labute approximate surface area is 129 Å². The van der Waals surface area contributed by atoms with Crippen molar-refractivity contribution in [2.24, 2.45) is 11.1 Å². The van der Waals surface area contributed by atoms with E-state index in [9.17, 15) is 0 Å². The van der Waals surface area contributed by atoms with E-state index in [0.717, 1.165) is 25.9 Å². The van der Waals surface area contributed by atoms with Crippen molar-refractivity contribution >= 4 is 5.82 Å². The lowest BCUT2D eigenvalue weighted by Crippen LogP contribution is -2.27. The van der Waals surface area contributed by atoms with Gasteiger partial charge in [-0.2, -0.15) is 0 Å². The lowest BCUT2D eigenvalue weighted by Gasteiger charge is -2.27. The van der Waals surface area contributed by atoms with Crippen molar-refractivity contribution in [1.29, 1.82) is 0 Å². The van der Waals surface area contributed by atoms with Crippen LogP contribution in [0.5, 0.6) is 0 Å². The number of aromatic nitrogens is 1. The van der Waals surface area contributed by atoms with Gasteiger partial charge in [0.15, 0.2) is 0 Å². The van der Waals surface area contributed by atoms with E-state index in [4.69, 9.17) is 10.7 Å². The van der Waals surface area contributed by atoms with E-state index < -0.39 is 0 Å². The van der Waals surface area contributed by atoms with Crippen LogP contribution in [0.1, 0.15) is 57.6 Å². The summed E-state index contributed by atoms with van der Waals surface area (Å²) in [5.41, 5.74) is 9.10.